The number of nitrogens with one attached hydrogen (secondary N) is 1. The topological polar surface area (TPSA) is 86.9 Å². The molecule has 31 heavy (non-hydrogen) atoms. The fourth-order valence-corrected chi connectivity index (χ4v) is 6.16. The van der Waals surface area contributed by atoms with Crippen molar-refractivity contribution in [2.75, 3.05) is 6.54 Å². The lowest BCUT2D eigenvalue weighted by Crippen LogP contribution is -2.60. The van der Waals surface area contributed by atoms with E-state index in [4.69, 9.17) is 15.7 Å². The largest absolute Gasteiger partial charge is 0.368 e. The third kappa shape index (κ3) is 5.22. The zero-order chi connectivity index (χ0) is 21.8. The zero-order valence-electron chi connectivity index (χ0n) is 19.1. The normalized spacial score (nSPS) is 21.2. The van der Waals surface area contributed by atoms with Gasteiger partial charge in [-0.15, -0.1) is 11.3 Å². The minimum Gasteiger partial charge on any atom is -0.368 e. The van der Waals surface area contributed by atoms with Gasteiger partial charge in [-0.05, 0) is 39.5 Å². The summed E-state index contributed by atoms with van der Waals surface area (Å²) in [6.45, 7) is 5.86. The van der Waals surface area contributed by atoms with E-state index >= 15 is 0 Å². The number of carbonyl (C=O) groups excluding carboxylic acids is 1. The maximum Gasteiger partial charge on any atom is 0.301 e. The second-order valence-corrected chi connectivity index (χ2v) is 10.6. The molecule has 0 unspecified atom stereocenters. The Kier molecular flexibility index (Phi) is 7.48. The first-order chi connectivity index (χ1) is 15.0. The molecule has 1 aromatic rings. The molecular formula is C23H38N6OS. The molecule has 4 rings (SSSR count). The Morgan fingerprint density at radius 2 is 1.81 bits per heavy atom. The van der Waals surface area contributed by atoms with Gasteiger partial charge in [-0.1, -0.05) is 38.5 Å². The van der Waals surface area contributed by atoms with Crippen LogP contribution in [0.5, 0.6) is 0 Å². The van der Waals surface area contributed by atoms with Crippen LogP contribution in [0.4, 0.5) is 0 Å². The molecule has 0 spiro atoms. The fraction of sp³-hybridized carbons (Fsp3) is 0.783. The molecule has 0 bridgehead atoms. The molecule has 1 aliphatic heterocycles. The maximum atomic E-state index is 13.8. The molecule has 0 aromatic carbocycles. The number of hydrogen-bond acceptors (Lipinski definition) is 5. The summed E-state index contributed by atoms with van der Waals surface area (Å²) < 4.78 is 0. The van der Waals surface area contributed by atoms with Crippen molar-refractivity contribution in [3.05, 3.63) is 15.6 Å². The number of aromatic nitrogens is 1. The van der Waals surface area contributed by atoms with E-state index in [1.54, 1.807) is 0 Å². The van der Waals surface area contributed by atoms with Crippen molar-refractivity contribution >= 4 is 23.2 Å². The molecule has 0 saturated heterocycles. The van der Waals surface area contributed by atoms with Gasteiger partial charge in [0.25, 0.3) is 0 Å². The summed E-state index contributed by atoms with van der Waals surface area (Å²) in [4.78, 5) is 24.7. The van der Waals surface area contributed by atoms with Crippen LogP contribution in [-0.2, 0) is 13.0 Å². The van der Waals surface area contributed by atoms with Crippen LogP contribution in [0.1, 0.15) is 98.4 Å². The molecule has 2 heterocycles. The molecule has 0 radical (unpaired) electrons. The van der Waals surface area contributed by atoms with E-state index in [2.05, 4.69) is 24.2 Å². The zero-order valence-corrected chi connectivity index (χ0v) is 19.9. The fourth-order valence-electron chi connectivity index (χ4n) is 5.15. The van der Waals surface area contributed by atoms with Crippen molar-refractivity contribution < 1.29 is 4.79 Å². The van der Waals surface area contributed by atoms with Gasteiger partial charge in [-0.3, -0.25) is 4.79 Å². The number of aliphatic imine (C=N–C) groups is 1. The van der Waals surface area contributed by atoms with E-state index in [-0.39, 0.29) is 24.0 Å². The van der Waals surface area contributed by atoms with Gasteiger partial charge in [-0.25, -0.2) is 20.0 Å². The predicted molar refractivity (Wildman–Crippen MR) is 126 cm³/mol. The van der Waals surface area contributed by atoms with Gasteiger partial charge in [0.15, 0.2) is 5.01 Å². The van der Waals surface area contributed by atoms with Crippen molar-refractivity contribution in [2.45, 2.75) is 109 Å². The van der Waals surface area contributed by atoms with E-state index < -0.39 is 0 Å². The first-order valence-corrected chi connectivity index (χ1v) is 13.0. The number of carbonyl (C=O) groups is 1. The molecule has 0 atom stereocenters. The van der Waals surface area contributed by atoms with E-state index in [1.165, 1.54) is 54.7 Å². The number of thiazole rings is 1. The smallest absolute Gasteiger partial charge is 0.301 e. The SMILES string of the molecule is CC(C)N(C(=O)c1nc2c(s1)CNCC2)N(C(N)=NC1CCCCC1)C1CCCCC1. The molecule has 2 saturated carbocycles. The number of rotatable bonds is 4. The van der Waals surface area contributed by atoms with E-state index in [0.29, 0.717) is 11.0 Å². The Morgan fingerprint density at radius 3 is 2.45 bits per heavy atom. The molecule has 8 heteroatoms. The Balaban J connectivity index is 1.64. The summed E-state index contributed by atoms with van der Waals surface area (Å²) in [5.74, 6) is 0.477. The lowest BCUT2D eigenvalue weighted by atomic mass is 9.94. The molecule has 1 amide bonds. The lowest BCUT2D eigenvalue weighted by Gasteiger charge is -2.44. The highest BCUT2D eigenvalue weighted by molar-refractivity contribution is 7.13. The number of guanidine groups is 1. The summed E-state index contributed by atoms with van der Waals surface area (Å²) in [7, 11) is 0. The Labute approximate surface area is 190 Å². The number of hydrazine groups is 1. The van der Waals surface area contributed by atoms with E-state index in [0.717, 1.165) is 50.9 Å². The summed E-state index contributed by atoms with van der Waals surface area (Å²) in [5, 5.41) is 7.87. The second-order valence-electron chi connectivity index (χ2n) is 9.47. The summed E-state index contributed by atoms with van der Waals surface area (Å²) in [5.41, 5.74) is 7.76. The van der Waals surface area contributed by atoms with Crippen molar-refractivity contribution in [2.24, 2.45) is 10.7 Å². The minimum atomic E-state index is -0.0400. The number of nitrogens with zero attached hydrogens (tertiary/aromatic N) is 4. The van der Waals surface area contributed by atoms with E-state index in [1.807, 2.05) is 5.01 Å². The maximum absolute atomic E-state index is 13.8. The minimum absolute atomic E-state index is 0.0198. The number of nitrogens with two attached hydrogens (primary N) is 1. The predicted octanol–water partition coefficient (Wildman–Crippen LogP) is 3.84. The van der Waals surface area contributed by atoms with Crippen LogP contribution in [0.2, 0.25) is 0 Å². The monoisotopic (exact) mass is 446 g/mol. The van der Waals surface area contributed by atoms with Gasteiger partial charge in [-0.2, -0.15) is 0 Å². The number of fused-ring (bicyclic) bond motifs is 1. The molecule has 172 valence electrons. The highest BCUT2D eigenvalue weighted by Crippen LogP contribution is 2.29. The third-order valence-electron chi connectivity index (χ3n) is 6.76. The number of amides is 1. The highest BCUT2D eigenvalue weighted by Gasteiger charge is 2.35. The van der Waals surface area contributed by atoms with Crippen LogP contribution in [0.3, 0.4) is 0 Å². The Morgan fingerprint density at radius 1 is 1.13 bits per heavy atom. The van der Waals surface area contributed by atoms with Gasteiger partial charge in [0.1, 0.15) is 0 Å². The van der Waals surface area contributed by atoms with Gasteiger partial charge in [0, 0.05) is 30.4 Å². The van der Waals surface area contributed by atoms with Gasteiger partial charge in [0.2, 0.25) is 5.96 Å². The molecule has 7 nitrogen and oxygen atoms in total. The van der Waals surface area contributed by atoms with Crippen LogP contribution in [0, 0.1) is 0 Å². The van der Waals surface area contributed by atoms with Crippen molar-refractivity contribution in [1.29, 1.82) is 0 Å². The van der Waals surface area contributed by atoms with Gasteiger partial charge < -0.3 is 11.1 Å². The van der Waals surface area contributed by atoms with E-state index in [9.17, 15) is 4.79 Å². The average molecular weight is 447 g/mol. The first-order valence-electron chi connectivity index (χ1n) is 12.2. The van der Waals surface area contributed by atoms with Gasteiger partial charge >= 0.3 is 5.91 Å². The number of hydrogen-bond donors (Lipinski definition) is 2. The van der Waals surface area contributed by atoms with Crippen molar-refractivity contribution in [3.8, 4) is 0 Å². The molecule has 2 fully saturated rings. The first kappa shape index (κ1) is 22.5. The summed E-state index contributed by atoms with van der Waals surface area (Å²) in [6, 6.07) is 0.486. The molecule has 3 aliphatic rings. The Bertz CT molecular complexity index is 756. The molecule has 1 aromatic heterocycles. The van der Waals surface area contributed by atoms with Crippen molar-refractivity contribution in [1.82, 2.24) is 20.3 Å². The highest BCUT2D eigenvalue weighted by atomic mass is 32.1. The standard InChI is InChI=1S/C23H38N6OS/c1-16(2)28(22(30)21-27-19-13-14-25-15-20(19)31-21)29(18-11-7-4-8-12-18)23(24)26-17-9-5-3-6-10-17/h16-18,25H,3-15H2,1-2H3,(H2,24,26). The molecular weight excluding hydrogens is 408 g/mol. The molecule has 2 aliphatic carbocycles. The average Bonchev–Trinajstić information content (AvgIpc) is 3.22. The van der Waals surface area contributed by atoms with Crippen LogP contribution in [0.25, 0.3) is 0 Å². The third-order valence-corrected chi connectivity index (χ3v) is 7.85. The van der Waals surface area contributed by atoms with Crippen molar-refractivity contribution in [3.63, 3.8) is 0 Å². The second kappa shape index (κ2) is 10.3. The van der Waals surface area contributed by atoms with Crippen LogP contribution in [-0.4, -0.2) is 51.5 Å². The molecule has 3 N–H and O–H groups in total. The van der Waals surface area contributed by atoms with Gasteiger partial charge in [0.05, 0.1) is 17.8 Å². The lowest BCUT2D eigenvalue weighted by molar-refractivity contribution is -0.0159. The van der Waals surface area contributed by atoms with Crippen LogP contribution in [0.15, 0.2) is 4.99 Å². The summed E-state index contributed by atoms with van der Waals surface area (Å²) in [6.07, 6.45) is 12.5. The quantitative estimate of drug-likeness (QED) is 0.417. The van der Waals surface area contributed by atoms with Crippen LogP contribution >= 0.6 is 11.3 Å². The summed E-state index contributed by atoms with van der Waals surface area (Å²) >= 11 is 1.53. The van der Waals surface area contributed by atoms with Crippen LogP contribution < -0.4 is 11.1 Å². The Hall–Kier alpha value is -1.67.